The molecule has 7 nitrogen and oxygen atoms in total. The minimum atomic E-state index is -0.409. The molecular weight excluding hydrogens is 270 g/mol. The maximum atomic E-state index is 10.9. The number of hydrogen-bond acceptors (Lipinski definition) is 6. The smallest absolute Gasteiger partial charge is 0.271 e. The molecule has 7 heteroatoms. The molecule has 1 aromatic carbocycles. The van der Waals surface area contributed by atoms with E-state index in [0.29, 0.717) is 11.5 Å². The maximum Gasteiger partial charge on any atom is 0.271 e. The van der Waals surface area contributed by atoms with Crippen molar-refractivity contribution in [1.29, 1.82) is 0 Å². The second kappa shape index (κ2) is 5.90. The van der Waals surface area contributed by atoms with Gasteiger partial charge in [0, 0.05) is 44.7 Å². The van der Waals surface area contributed by atoms with Gasteiger partial charge in [-0.05, 0) is 19.9 Å². The molecular formula is C14H19N5O2. The number of fused-ring (bicyclic) bond motifs is 1. The molecule has 0 atom stereocenters. The van der Waals surface area contributed by atoms with Crippen LogP contribution in [0.5, 0.6) is 0 Å². The van der Waals surface area contributed by atoms with E-state index in [-0.39, 0.29) is 5.69 Å². The van der Waals surface area contributed by atoms with Gasteiger partial charge in [-0.2, -0.15) is 4.98 Å². The molecule has 0 radical (unpaired) electrons. The van der Waals surface area contributed by atoms with E-state index in [1.807, 2.05) is 37.7 Å². The fourth-order valence-corrected chi connectivity index (χ4v) is 2.19. The fourth-order valence-electron chi connectivity index (χ4n) is 2.19. The first kappa shape index (κ1) is 15.0. The molecule has 0 bridgehead atoms. The normalized spacial score (nSPS) is 10.7. The van der Waals surface area contributed by atoms with Gasteiger partial charge >= 0.3 is 0 Å². The molecule has 1 heterocycles. The van der Waals surface area contributed by atoms with E-state index in [1.165, 1.54) is 12.1 Å². The average Bonchev–Trinajstić information content (AvgIpc) is 2.46. The molecule has 0 spiro atoms. The van der Waals surface area contributed by atoms with Gasteiger partial charge in [0.15, 0.2) is 0 Å². The number of nitro benzene ring substituents is 1. The zero-order valence-corrected chi connectivity index (χ0v) is 12.7. The highest BCUT2D eigenvalue weighted by Gasteiger charge is 2.15. The lowest BCUT2D eigenvalue weighted by molar-refractivity contribution is -0.384. The average molecular weight is 289 g/mol. The number of anilines is 2. The molecule has 21 heavy (non-hydrogen) atoms. The number of nitro groups is 1. The summed E-state index contributed by atoms with van der Waals surface area (Å²) in [7, 11) is 3.80. The quantitative estimate of drug-likeness (QED) is 0.621. The van der Waals surface area contributed by atoms with Gasteiger partial charge in [0.2, 0.25) is 5.95 Å². The zero-order valence-electron chi connectivity index (χ0n) is 12.7. The van der Waals surface area contributed by atoms with Crippen LogP contribution in [0.3, 0.4) is 0 Å². The topological polar surface area (TPSA) is 75.4 Å². The summed E-state index contributed by atoms with van der Waals surface area (Å²) in [6, 6.07) is 4.68. The summed E-state index contributed by atoms with van der Waals surface area (Å²) in [5.41, 5.74) is 0.626. The van der Waals surface area contributed by atoms with E-state index in [4.69, 9.17) is 0 Å². The minimum Gasteiger partial charge on any atom is -0.362 e. The van der Waals surface area contributed by atoms with Gasteiger partial charge in [-0.25, -0.2) is 4.98 Å². The zero-order chi connectivity index (χ0) is 15.6. The van der Waals surface area contributed by atoms with Crippen molar-refractivity contribution in [3.8, 4) is 0 Å². The summed E-state index contributed by atoms with van der Waals surface area (Å²) in [6.07, 6.45) is 0. The second-order valence-electron chi connectivity index (χ2n) is 4.87. The number of rotatable bonds is 5. The van der Waals surface area contributed by atoms with Gasteiger partial charge in [0.25, 0.3) is 5.69 Å². The highest BCUT2D eigenvalue weighted by atomic mass is 16.6. The third-order valence-corrected chi connectivity index (χ3v) is 3.33. The molecule has 0 saturated carbocycles. The number of benzene rings is 1. The predicted molar refractivity (Wildman–Crippen MR) is 84.1 cm³/mol. The first-order chi connectivity index (χ1) is 9.97. The maximum absolute atomic E-state index is 10.9. The summed E-state index contributed by atoms with van der Waals surface area (Å²) < 4.78 is 0. The van der Waals surface area contributed by atoms with E-state index in [2.05, 4.69) is 9.97 Å². The Bertz CT molecular complexity index is 668. The van der Waals surface area contributed by atoms with E-state index in [0.717, 1.165) is 24.3 Å². The fraction of sp³-hybridized carbons (Fsp3) is 0.429. The van der Waals surface area contributed by atoms with E-state index < -0.39 is 4.92 Å². The molecule has 0 amide bonds. The molecule has 0 N–H and O–H groups in total. The molecule has 2 rings (SSSR count). The SMILES string of the molecule is CCN(CC)c1nc(N(C)C)c2ccc([N+](=O)[O-])cc2n1. The lowest BCUT2D eigenvalue weighted by Gasteiger charge is -2.22. The van der Waals surface area contributed by atoms with Crippen LogP contribution in [0, 0.1) is 10.1 Å². The highest BCUT2D eigenvalue weighted by molar-refractivity contribution is 5.91. The van der Waals surface area contributed by atoms with Crippen LogP contribution in [-0.4, -0.2) is 42.1 Å². The van der Waals surface area contributed by atoms with Crippen molar-refractivity contribution in [3.05, 3.63) is 28.3 Å². The van der Waals surface area contributed by atoms with E-state index in [1.54, 1.807) is 6.07 Å². The summed E-state index contributed by atoms with van der Waals surface area (Å²) >= 11 is 0. The largest absolute Gasteiger partial charge is 0.362 e. The van der Waals surface area contributed by atoms with Crippen molar-refractivity contribution < 1.29 is 4.92 Å². The van der Waals surface area contributed by atoms with Crippen molar-refractivity contribution in [3.63, 3.8) is 0 Å². The van der Waals surface area contributed by atoms with Gasteiger partial charge in [0.1, 0.15) is 5.82 Å². The third kappa shape index (κ3) is 2.86. The standard InChI is InChI=1S/C14H19N5O2/c1-5-18(6-2)14-15-12-9-10(19(20)21)7-8-11(12)13(16-14)17(3)4/h7-9H,5-6H2,1-4H3. The van der Waals surface area contributed by atoms with Gasteiger partial charge in [-0.1, -0.05) is 0 Å². The lowest BCUT2D eigenvalue weighted by Crippen LogP contribution is -2.25. The molecule has 2 aromatic rings. The number of non-ortho nitro benzene ring substituents is 1. The van der Waals surface area contributed by atoms with E-state index in [9.17, 15) is 10.1 Å². The Morgan fingerprint density at radius 1 is 1.19 bits per heavy atom. The van der Waals surface area contributed by atoms with Gasteiger partial charge in [0.05, 0.1) is 10.4 Å². The molecule has 112 valence electrons. The van der Waals surface area contributed by atoms with Crippen molar-refractivity contribution in [1.82, 2.24) is 9.97 Å². The van der Waals surface area contributed by atoms with Crippen LogP contribution in [0.2, 0.25) is 0 Å². The Labute approximate surface area is 123 Å². The summed E-state index contributed by atoms with van der Waals surface area (Å²) in [4.78, 5) is 23.5. The molecule has 0 fully saturated rings. The highest BCUT2D eigenvalue weighted by Crippen LogP contribution is 2.28. The molecule has 1 aromatic heterocycles. The van der Waals surface area contributed by atoms with Crippen molar-refractivity contribution in [2.75, 3.05) is 37.0 Å². The first-order valence-electron chi connectivity index (χ1n) is 6.86. The third-order valence-electron chi connectivity index (χ3n) is 3.33. The van der Waals surface area contributed by atoms with E-state index >= 15 is 0 Å². The molecule has 0 saturated heterocycles. The van der Waals surface area contributed by atoms with Crippen LogP contribution in [0.1, 0.15) is 13.8 Å². The van der Waals surface area contributed by atoms with Crippen molar-refractivity contribution in [2.24, 2.45) is 0 Å². The van der Waals surface area contributed by atoms with Crippen LogP contribution >= 0.6 is 0 Å². The molecule has 0 aliphatic carbocycles. The Balaban J connectivity index is 2.70. The second-order valence-corrected chi connectivity index (χ2v) is 4.87. The summed E-state index contributed by atoms with van der Waals surface area (Å²) in [5.74, 6) is 1.36. The Morgan fingerprint density at radius 3 is 2.38 bits per heavy atom. The van der Waals surface area contributed by atoms with Crippen molar-refractivity contribution >= 4 is 28.4 Å². The lowest BCUT2D eigenvalue weighted by atomic mass is 10.2. The number of nitrogens with zero attached hydrogens (tertiary/aromatic N) is 5. The van der Waals surface area contributed by atoms with Gasteiger partial charge < -0.3 is 9.80 Å². The Hall–Kier alpha value is -2.44. The molecule has 0 aliphatic rings. The van der Waals surface area contributed by atoms with Crippen LogP contribution in [-0.2, 0) is 0 Å². The van der Waals surface area contributed by atoms with Crippen LogP contribution in [0.15, 0.2) is 18.2 Å². The predicted octanol–water partition coefficient (Wildman–Crippen LogP) is 2.45. The molecule has 0 unspecified atom stereocenters. The van der Waals surface area contributed by atoms with Crippen molar-refractivity contribution in [2.45, 2.75) is 13.8 Å². The van der Waals surface area contributed by atoms with Gasteiger partial charge in [-0.3, -0.25) is 10.1 Å². The van der Waals surface area contributed by atoms with Crippen LogP contribution < -0.4 is 9.80 Å². The molecule has 0 aliphatic heterocycles. The Morgan fingerprint density at radius 2 is 1.86 bits per heavy atom. The summed E-state index contributed by atoms with van der Waals surface area (Å²) in [6.45, 7) is 5.62. The Kier molecular flexibility index (Phi) is 4.21. The minimum absolute atomic E-state index is 0.0383. The van der Waals surface area contributed by atoms with Crippen LogP contribution in [0.25, 0.3) is 10.9 Å². The monoisotopic (exact) mass is 289 g/mol. The number of aromatic nitrogens is 2. The van der Waals surface area contributed by atoms with Gasteiger partial charge in [-0.15, -0.1) is 0 Å². The number of hydrogen-bond donors (Lipinski definition) is 0. The van der Waals surface area contributed by atoms with Crippen LogP contribution in [0.4, 0.5) is 17.5 Å². The first-order valence-corrected chi connectivity index (χ1v) is 6.86. The summed E-state index contributed by atoms with van der Waals surface area (Å²) in [5, 5.41) is 11.7.